The Bertz CT molecular complexity index is 1140. The van der Waals surface area contributed by atoms with Crippen LogP contribution in [-0.4, -0.2) is 11.9 Å². The number of carbonyl (C=O) groups is 2. The van der Waals surface area contributed by atoms with Crippen LogP contribution in [0, 0.1) is 12.7 Å². The van der Waals surface area contributed by atoms with Gasteiger partial charge in [0.05, 0.1) is 11.4 Å². The molecule has 4 rings (SSSR count). The van der Waals surface area contributed by atoms with Gasteiger partial charge < -0.3 is 21.2 Å². The number of benzene rings is 2. The number of aryl methyl sites for hydroxylation is 1. The summed E-state index contributed by atoms with van der Waals surface area (Å²) in [5, 5.41) is 5.23. The van der Waals surface area contributed by atoms with Crippen molar-refractivity contribution in [2.75, 3.05) is 10.6 Å². The Morgan fingerprint density at radius 2 is 1.93 bits per heavy atom. The molecular weight excluding hydrogens is 387 g/mol. The Morgan fingerprint density at radius 1 is 1.13 bits per heavy atom. The van der Waals surface area contributed by atoms with Crippen molar-refractivity contribution in [2.45, 2.75) is 12.3 Å². The SMILES string of the molecule is Cc1cccc(C2(C(N)=O)C=CC=C3ONC=C32)c1NC(=O)Nc1ccccc1F. The fourth-order valence-electron chi connectivity index (χ4n) is 3.65. The molecule has 0 bridgehead atoms. The van der Waals surface area contributed by atoms with Gasteiger partial charge in [0.25, 0.3) is 0 Å². The number of nitrogens with one attached hydrogen (secondary N) is 3. The van der Waals surface area contributed by atoms with Crippen LogP contribution in [0.5, 0.6) is 0 Å². The highest BCUT2D eigenvalue weighted by molar-refractivity contribution is 6.03. The predicted molar refractivity (Wildman–Crippen MR) is 111 cm³/mol. The Kier molecular flexibility index (Phi) is 4.75. The lowest BCUT2D eigenvalue weighted by Gasteiger charge is -2.33. The average Bonchev–Trinajstić information content (AvgIpc) is 3.20. The van der Waals surface area contributed by atoms with E-state index in [1.165, 1.54) is 18.2 Å². The van der Waals surface area contributed by atoms with Crippen molar-refractivity contribution in [3.05, 3.63) is 95.2 Å². The van der Waals surface area contributed by atoms with Crippen LogP contribution in [0.25, 0.3) is 0 Å². The summed E-state index contributed by atoms with van der Waals surface area (Å²) in [5.74, 6) is -0.735. The van der Waals surface area contributed by atoms with Gasteiger partial charge in [0.15, 0.2) is 5.76 Å². The van der Waals surface area contributed by atoms with Gasteiger partial charge in [-0.25, -0.2) is 14.7 Å². The van der Waals surface area contributed by atoms with E-state index in [1.54, 1.807) is 55.6 Å². The largest absolute Gasteiger partial charge is 0.382 e. The number of carbonyl (C=O) groups excluding carboxylic acids is 2. The zero-order valence-electron chi connectivity index (χ0n) is 16.0. The van der Waals surface area contributed by atoms with Gasteiger partial charge in [-0.3, -0.25) is 4.79 Å². The zero-order chi connectivity index (χ0) is 21.3. The van der Waals surface area contributed by atoms with Crippen molar-refractivity contribution < 1.29 is 18.8 Å². The summed E-state index contributed by atoms with van der Waals surface area (Å²) < 4.78 is 13.9. The van der Waals surface area contributed by atoms with Crippen LogP contribution < -0.4 is 21.8 Å². The van der Waals surface area contributed by atoms with Gasteiger partial charge in [-0.1, -0.05) is 42.5 Å². The molecular formula is C22H19FN4O3. The number of hydroxylamine groups is 1. The van der Waals surface area contributed by atoms with Crippen LogP contribution in [0.3, 0.4) is 0 Å². The Balaban J connectivity index is 1.76. The topological polar surface area (TPSA) is 105 Å². The molecule has 1 unspecified atom stereocenters. The van der Waals surface area contributed by atoms with E-state index in [9.17, 15) is 14.0 Å². The minimum atomic E-state index is -1.36. The molecule has 5 N–H and O–H groups in total. The smallest absolute Gasteiger partial charge is 0.323 e. The molecule has 0 aromatic heterocycles. The van der Waals surface area contributed by atoms with Crippen LogP contribution in [-0.2, 0) is 15.0 Å². The zero-order valence-corrected chi connectivity index (χ0v) is 16.0. The molecule has 0 radical (unpaired) electrons. The van der Waals surface area contributed by atoms with Gasteiger partial charge in [-0.15, -0.1) is 0 Å². The molecule has 0 fully saturated rings. The normalized spacial score (nSPS) is 19.0. The maximum absolute atomic E-state index is 13.9. The van der Waals surface area contributed by atoms with E-state index >= 15 is 0 Å². The molecule has 8 heteroatoms. The minimum Gasteiger partial charge on any atom is -0.382 e. The number of halogens is 1. The highest BCUT2D eigenvalue weighted by Crippen LogP contribution is 2.45. The van der Waals surface area contributed by atoms with E-state index in [0.29, 0.717) is 28.1 Å². The second-order valence-corrected chi connectivity index (χ2v) is 6.90. The Hall–Kier alpha value is -4.07. The van der Waals surface area contributed by atoms with Gasteiger partial charge in [-0.2, -0.15) is 0 Å². The number of hydrogen-bond acceptors (Lipinski definition) is 4. The lowest BCUT2D eigenvalue weighted by Crippen LogP contribution is -2.43. The fraction of sp³-hybridized carbons (Fsp3) is 0.0909. The Labute approximate surface area is 172 Å². The van der Waals surface area contributed by atoms with E-state index in [1.807, 2.05) is 0 Å². The lowest BCUT2D eigenvalue weighted by atomic mass is 9.70. The number of para-hydroxylation sites is 2. The van der Waals surface area contributed by atoms with Gasteiger partial charge in [0, 0.05) is 11.8 Å². The van der Waals surface area contributed by atoms with Gasteiger partial charge in [0.2, 0.25) is 5.91 Å². The van der Waals surface area contributed by atoms with Crippen molar-refractivity contribution >= 4 is 23.3 Å². The van der Waals surface area contributed by atoms with Crippen LogP contribution in [0.4, 0.5) is 20.6 Å². The summed E-state index contributed by atoms with van der Waals surface area (Å²) >= 11 is 0. The third-order valence-electron chi connectivity index (χ3n) is 5.10. The summed E-state index contributed by atoms with van der Waals surface area (Å²) in [7, 11) is 0. The predicted octanol–water partition coefficient (Wildman–Crippen LogP) is 3.37. The molecule has 2 aromatic rings. The quantitative estimate of drug-likeness (QED) is 0.625. The summed E-state index contributed by atoms with van der Waals surface area (Å²) in [6, 6.07) is 10.5. The first-order valence-corrected chi connectivity index (χ1v) is 9.19. The van der Waals surface area contributed by atoms with E-state index in [-0.39, 0.29) is 5.69 Å². The molecule has 0 saturated carbocycles. The van der Waals surface area contributed by atoms with E-state index in [2.05, 4.69) is 16.1 Å². The van der Waals surface area contributed by atoms with Gasteiger partial charge in [0.1, 0.15) is 11.2 Å². The van der Waals surface area contributed by atoms with Crippen molar-refractivity contribution in [3.8, 4) is 0 Å². The monoisotopic (exact) mass is 406 g/mol. The van der Waals surface area contributed by atoms with E-state index in [0.717, 1.165) is 0 Å². The molecule has 1 aliphatic heterocycles. The molecule has 0 saturated heterocycles. The van der Waals surface area contributed by atoms with Crippen molar-refractivity contribution in [1.29, 1.82) is 0 Å². The van der Waals surface area contributed by atoms with E-state index < -0.39 is 23.2 Å². The van der Waals surface area contributed by atoms with Crippen LogP contribution in [0.1, 0.15) is 11.1 Å². The van der Waals surface area contributed by atoms with E-state index in [4.69, 9.17) is 10.6 Å². The van der Waals surface area contributed by atoms with Crippen molar-refractivity contribution in [2.24, 2.45) is 5.73 Å². The highest BCUT2D eigenvalue weighted by Gasteiger charge is 2.47. The van der Waals surface area contributed by atoms with Gasteiger partial charge in [-0.05, 0) is 36.3 Å². The van der Waals surface area contributed by atoms with Crippen LogP contribution in [0.2, 0.25) is 0 Å². The Morgan fingerprint density at radius 3 is 2.70 bits per heavy atom. The summed E-state index contributed by atoms with van der Waals surface area (Å²) in [5.41, 5.74) is 9.27. The molecule has 152 valence electrons. The molecule has 2 aliphatic rings. The van der Waals surface area contributed by atoms with Crippen molar-refractivity contribution in [3.63, 3.8) is 0 Å². The van der Waals surface area contributed by atoms with Crippen LogP contribution in [0.15, 0.2) is 78.2 Å². The number of nitrogens with two attached hydrogens (primary N) is 1. The summed E-state index contributed by atoms with van der Waals surface area (Å²) in [4.78, 5) is 30.7. The molecule has 1 atom stereocenters. The number of anilines is 2. The van der Waals surface area contributed by atoms with Crippen LogP contribution >= 0.6 is 0 Å². The average molecular weight is 406 g/mol. The number of hydrogen-bond donors (Lipinski definition) is 4. The molecule has 30 heavy (non-hydrogen) atoms. The second kappa shape index (κ2) is 7.40. The third-order valence-corrected chi connectivity index (χ3v) is 5.10. The number of rotatable bonds is 4. The number of fused-ring (bicyclic) bond motifs is 1. The maximum Gasteiger partial charge on any atom is 0.323 e. The first kappa shape index (κ1) is 19.3. The second-order valence-electron chi connectivity index (χ2n) is 6.90. The molecule has 3 amide bonds. The number of amides is 3. The maximum atomic E-state index is 13.9. The van der Waals surface area contributed by atoms with Gasteiger partial charge >= 0.3 is 6.03 Å². The number of allylic oxidation sites excluding steroid dienone is 3. The number of primary amides is 1. The van der Waals surface area contributed by atoms with Crippen molar-refractivity contribution in [1.82, 2.24) is 5.48 Å². The standard InChI is InChI=1S/C22H19FN4O3/c1-13-6-4-7-14(19(13)27-21(29)26-17-9-3-2-8-16(17)23)22(20(24)28)11-5-10-18-15(22)12-25-30-18/h2-12,25H,1H3,(H2,24,28)(H2,26,27,29). The lowest BCUT2D eigenvalue weighted by molar-refractivity contribution is -0.120. The first-order valence-electron chi connectivity index (χ1n) is 9.19. The molecule has 1 aliphatic carbocycles. The molecule has 7 nitrogen and oxygen atoms in total. The summed E-state index contributed by atoms with van der Waals surface area (Å²) in [6.45, 7) is 1.79. The molecule has 2 aromatic carbocycles. The molecule has 0 spiro atoms. The first-order chi connectivity index (χ1) is 14.4. The molecule has 1 heterocycles. The number of urea groups is 1. The summed E-state index contributed by atoms with van der Waals surface area (Å²) in [6.07, 6.45) is 6.61. The fourth-order valence-corrected chi connectivity index (χ4v) is 3.65. The third kappa shape index (κ3) is 3.08. The minimum absolute atomic E-state index is 0.0358. The highest BCUT2D eigenvalue weighted by atomic mass is 19.1.